The van der Waals surface area contributed by atoms with Gasteiger partial charge in [0.1, 0.15) is 0 Å². The molecule has 1 N–H and O–H groups in total. The molecule has 0 saturated carbocycles. The zero-order valence-corrected chi connectivity index (χ0v) is 29.6. The van der Waals surface area contributed by atoms with Crippen molar-refractivity contribution in [3.8, 4) is 0 Å². The SMILES string of the molecule is F[P-](F)(F)(F)(F)F.O=C(O)CCCC1=CC(=C2C=CC=C[N-]2)[N-]C=C1.[C-]1=CC=CCC1=C1C=CC=C[N-]1.[C-]1=CC=CCC1=C1C=CC=C[N-]1.[Ir]. The summed E-state index contributed by atoms with van der Waals surface area (Å²) in [4.78, 5) is 10.5. The van der Waals surface area contributed by atoms with Crippen LogP contribution >= 0.6 is 7.81 Å². The monoisotopic (exact) mass is 890 g/mol. The summed E-state index contributed by atoms with van der Waals surface area (Å²) >= 11 is 0. The maximum absolute atomic E-state index is 10.7. The first-order valence-corrected chi connectivity index (χ1v) is 16.9. The number of carboxylic acids is 1. The van der Waals surface area contributed by atoms with E-state index in [9.17, 15) is 30.0 Å². The Morgan fingerprint density at radius 1 is 0.640 bits per heavy atom. The topological polar surface area (TPSA) is 93.7 Å². The van der Waals surface area contributed by atoms with Gasteiger partial charge in [-0.15, -0.1) is 24.3 Å². The number of rotatable bonds is 4. The van der Waals surface area contributed by atoms with Crippen molar-refractivity contribution < 1.29 is 55.2 Å². The molecule has 271 valence electrons. The van der Waals surface area contributed by atoms with Gasteiger partial charge in [-0.1, -0.05) is 60.3 Å². The number of halogens is 6. The van der Waals surface area contributed by atoms with Gasteiger partial charge >= 0.3 is 39.0 Å². The van der Waals surface area contributed by atoms with Crippen LogP contribution in [0, 0.1) is 12.2 Å². The van der Waals surface area contributed by atoms with E-state index >= 15 is 0 Å². The molecule has 0 unspecified atom stereocenters. The van der Waals surface area contributed by atoms with Crippen LogP contribution in [0.2, 0.25) is 0 Å². The van der Waals surface area contributed by atoms with Gasteiger partial charge in [-0.3, -0.25) is 4.79 Å². The molecule has 0 amide bonds. The molecular weight excluding hydrogens is 858 g/mol. The third kappa shape index (κ3) is 19.4. The molecule has 6 rings (SSSR count). The molecule has 4 heterocycles. The zero-order valence-electron chi connectivity index (χ0n) is 26.4. The molecule has 0 saturated heterocycles. The van der Waals surface area contributed by atoms with Gasteiger partial charge in [-0.2, -0.15) is 83.8 Å². The van der Waals surface area contributed by atoms with Crippen LogP contribution in [0.3, 0.4) is 0 Å². The minimum Gasteiger partial charge on any atom is -0.721 e. The molecule has 0 aromatic rings. The van der Waals surface area contributed by atoms with Crippen LogP contribution in [0.4, 0.5) is 25.2 Å². The largest absolute Gasteiger partial charge is 0.721 e. The van der Waals surface area contributed by atoms with Gasteiger partial charge in [-0.25, -0.2) is 11.4 Å². The third-order valence-electron chi connectivity index (χ3n) is 6.18. The summed E-state index contributed by atoms with van der Waals surface area (Å²) in [6.07, 6.45) is 50.4. The summed E-state index contributed by atoms with van der Waals surface area (Å²) in [5.41, 5.74) is 7.13. The van der Waals surface area contributed by atoms with Gasteiger partial charge in [-0.05, 0) is 25.7 Å². The molecule has 0 bridgehead atoms. The maximum atomic E-state index is 10.5. The van der Waals surface area contributed by atoms with E-state index in [1.807, 2.05) is 104 Å². The molecular formula is C36H32F6IrN4O2P-7. The van der Waals surface area contributed by atoms with Crippen molar-refractivity contribution in [3.05, 3.63) is 201 Å². The number of carboxylic acid groups (broad SMARTS) is 1. The first kappa shape index (κ1) is 41.6. The minimum atomic E-state index is -10.7. The Hall–Kier alpha value is -4.57. The van der Waals surface area contributed by atoms with E-state index in [1.165, 1.54) is 0 Å². The number of aliphatic carboxylic acids is 1. The van der Waals surface area contributed by atoms with E-state index in [4.69, 9.17) is 5.11 Å². The predicted molar refractivity (Wildman–Crippen MR) is 185 cm³/mol. The minimum absolute atomic E-state index is 0. The van der Waals surface area contributed by atoms with E-state index in [-0.39, 0.29) is 26.5 Å². The Labute approximate surface area is 301 Å². The average molecular weight is 890 g/mol. The summed E-state index contributed by atoms with van der Waals surface area (Å²) in [5.74, 6) is -0.756. The fraction of sp³-hybridized carbons (Fsp3) is 0.139. The summed E-state index contributed by atoms with van der Waals surface area (Å²) in [6, 6.07) is 0. The number of hydrogen-bond acceptors (Lipinski definition) is 1. The molecule has 0 fully saturated rings. The van der Waals surface area contributed by atoms with Gasteiger partial charge in [0.15, 0.2) is 0 Å². The molecule has 4 aliphatic heterocycles. The Morgan fingerprint density at radius 3 is 1.46 bits per heavy atom. The number of allylic oxidation sites excluding steroid dienone is 22. The summed E-state index contributed by atoms with van der Waals surface area (Å²) < 4.78 is 59.2. The molecule has 0 atom stereocenters. The Bertz CT molecular complexity index is 1560. The van der Waals surface area contributed by atoms with Crippen LogP contribution in [0.5, 0.6) is 0 Å². The molecule has 0 aromatic carbocycles. The van der Waals surface area contributed by atoms with Crippen LogP contribution in [-0.4, -0.2) is 11.1 Å². The fourth-order valence-electron chi connectivity index (χ4n) is 4.09. The number of hydrogen-bond donors (Lipinski definition) is 1. The standard InChI is InChI=1S/C14H14N2O2.2C11H9N.F6P.Ir/c17-14(18)6-3-4-11-7-9-16-13(10-11)12-5-1-2-8-15-12;2*1-2-6-10(7-3-1)11-8-4-5-9-12-11;1-7(2,3,4,5)6;/h1-2,5,7-10H,3-4,6H2,(H,17,18);2*1-5,8-9H,6H2;;/q3*-2;-1;. The van der Waals surface area contributed by atoms with Crippen molar-refractivity contribution in [2.24, 2.45) is 0 Å². The molecule has 2 aliphatic carbocycles. The third-order valence-corrected chi connectivity index (χ3v) is 6.18. The molecule has 0 spiro atoms. The Kier molecular flexibility index (Phi) is 15.8. The van der Waals surface area contributed by atoms with Gasteiger partial charge in [0.05, 0.1) is 0 Å². The van der Waals surface area contributed by atoms with E-state index < -0.39 is 13.8 Å². The van der Waals surface area contributed by atoms with Crippen molar-refractivity contribution in [1.82, 2.24) is 0 Å². The summed E-state index contributed by atoms with van der Waals surface area (Å²) in [5, 5.41) is 25.6. The predicted octanol–water partition coefficient (Wildman–Crippen LogP) is 13.2. The Morgan fingerprint density at radius 2 is 1.08 bits per heavy atom. The maximum Gasteiger partial charge on any atom is 0.303 e. The van der Waals surface area contributed by atoms with Crippen molar-refractivity contribution >= 4 is 13.8 Å². The second kappa shape index (κ2) is 19.0. The molecule has 6 nitrogen and oxygen atoms in total. The van der Waals surface area contributed by atoms with Gasteiger partial charge in [0, 0.05) is 26.5 Å². The molecule has 1 radical (unpaired) electrons. The van der Waals surface area contributed by atoms with E-state index in [1.54, 1.807) is 12.4 Å². The van der Waals surface area contributed by atoms with E-state index in [0.29, 0.717) is 6.42 Å². The van der Waals surface area contributed by atoms with E-state index in [0.717, 1.165) is 58.8 Å². The van der Waals surface area contributed by atoms with Gasteiger partial charge < -0.3 is 26.4 Å². The van der Waals surface area contributed by atoms with Crippen molar-refractivity contribution in [3.63, 3.8) is 0 Å². The summed E-state index contributed by atoms with van der Waals surface area (Å²) in [6.45, 7) is 0. The van der Waals surface area contributed by atoms with Crippen molar-refractivity contribution in [2.75, 3.05) is 0 Å². The molecule has 6 aliphatic rings. The normalized spacial score (nSPS) is 23.4. The van der Waals surface area contributed by atoms with Crippen LogP contribution in [0.15, 0.2) is 168 Å². The fourth-order valence-corrected chi connectivity index (χ4v) is 4.09. The molecule has 14 heteroatoms. The zero-order chi connectivity index (χ0) is 35.7. The first-order valence-electron chi connectivity index (χ1n) is 14.8. The van der Waals surface area contributed by atoms with Crippen LogP contribution in [0.25, 0.3) is 21.3 Å². The number of carbonyl (C=O) groups is 1. The second-order valence-corrected chi connectivity index (χ2v) is 12.2. The Balaban J connectivity index is 0.000000241. The smallest absolute Gasteiger partial charge is 0.303 e. The average Bonchev–Trinajstić information content (AvgIpc) is 3.09. The van der Waals surface area contributed by atoms with Gasteiger partial charge in [0.25, 0.3) is 0 Å². The van der Waals surface area contributed by atoms with Gasteiger partial charge in [0.2, 0.25) is 0 Å². The van der Waals surface area contributed by atoms with Crippen molar-refractivity contribution in [2.45, 2.75) is 32.1 Å². The quantitative estimate of drug-likeness (QED) is 0.173. The van der Waals surface area contributed by atoms with Crippen LogP contribution in [0.1, 0.15) is 32.1 Å². The van der Waals surface area contributed by atoms with Crippen LogP contribution in [-0.2, 0) is 24.9 Å². The van der Waals surface area contributed by atoms with Crippen molar-refractivity contribution in [1.29, 1.82) is 0 Å². The number of nitrogens with zero attached hydrogens (tertiary/aromatic N) is 4. The van der Waals surface area contributed by atoms with E-state index in [2.05, 4.69) is 45.6 Å². The molecule has 0 aromatic heterocycles. The van der Waals surface area contributed by atoms with Crippen LogP contribution < -0.4 is 0 Å². The summed E-state index contributed by atoms with van der Waals surface area (Å²) in [7, 11) is -10.7. The second-order valence-electron chi connectivity index (χ2n) is 10.2. The molecule has 50 heavy (non-hydrogen) atoms. The first-order chi connectivity index (χ1) is 23.1.